The molecular weight excluding hydrogens is 146 g/mol. The van der Waals surface area contributed by atoms with E-state index in [4.69, 9.17) is 0 Å². The number of allylic oxidation sites excluding steroid dienone is 1. The average Bonchev–Trinajstić information content (AvgIpc) is 1.98. The van der Waals surface area contributed by atoms with Crippen molar-refractivity contribution in [2.75, 3.05) is 13.1 Å². The van der Waals surface area contributed by atoms with Gasteiger partial charge >= 0.3 is 0 Å². The van der Waals surface area contributed by atoms with Crippen LogP contribution in [0.15, 0.2) is 12.2 Å². The lowest BCUT2D eigenvalue weighted by atomic mass is 9.90. The number of rotatable bonds is 6. The molecule has 0 aromatic rings. The van der Waals surface area contributed by atoms with Crippen LogP contribution in [0.1, 0.15) is 34.1 Å². The van der Waals surface area contributed by atoms with E-state index in [1.807, 2.05) is 0 Å². The van der Waals surface area contributed by atoms with Crippen LogP contribution in [0.3, 0.4) is 0 Å². The monoisotopic (exact) mass is 169 g/mol. The van der Waals surface area contributed by atoms with Crippen molar-refractivity contribution in [2.45, 2.75) is 34.1 Å². The van der Waals surface area contributed by atoms with E-state index in [0.29, 0.717) is 0 Å². The van der Waals surface area contributed by atoms with Crippen LogP contribution >= 0.6 is 0 Å². The lowest BCUT2D eigenvalue weighted by molar-refractivity contribution is 0.368. The smallest absolute Gasteiger partial charge is 0.00206 e. The molecule has 0 saturated carbocycles. The molecule has 0 aromatic carbocycles. The lowest BCUT2D eigenvalue weighted by Gasteiger charge is -2.19. The highest BCUT2D eigenvalue weighted by Crippen LogP contribution is 2.17. The molecule has 0 aliphatic rings. The Hall–Kier alpha value is -0.300. The van der Waals surface area contributed by atoms with E-state index in [1.54, 1.807) is 0 Å². The van der Waals surface area contributed by atoms with Gasteiger partial charge in [0.25, 0.3) is 0 Å². The Balaban J connectivity index is 3.60. The maximum absolute atomic E-state index is 3.94. The molecule has 1 heteroatoms. The Bertz CT molecular complexity index is 129. The zero-order valence-electron chi connectivity index (χ0n) is 8.98. The Morgan fingerprint density at radius 1 is 1.33 bits per heavy atom. The Labute approximate surface area is 77.2 Å². The Morgan fingerprint density at radius 3 is 2.33 bits per heavy atom. The zero-order valence-corrected chi connectivity index (χ0v) is 8.98. The second-order valence-electron chi connectivity index (χ2n) is 3.92. The molecular formula is C11H23N. The van der Waals surface area contributed by atoms with Crippen molar-refractivity contribution in [3.8, 4) is 0 Å². The summed E-state index contributed by atoms with van der Waals surface area (Å²) < 4.78 is 0. The molecule has 12 heavy (non-hydrogen) atoms. The predicted molar refractivity (Wildman–Crippen MR) is 56.3 cm³/mol. The van der Waals surface area contributed by atoms with Crippen molar-refractivity contribution in [3.05, 3.63) is 12.2 Å². The molecule has 0 amide bonds. The highest BCUT2D eigenvalue weighted by molar-refractivity contribution is 4.90. The van der Waals surface area contributed by atoms with Crippen LogP contribution in [0.2, 0.25) is 0 Å². The first-order valence-electron chi connectivity index (χ1n) is 4.93. The largest absolute Gasteiger partial charge is 0.317 e. The second kappa shape index (κ2) is 6.24. The molecule has 0 saturated heterocycles. The minimum absolute atomic E-state index is 0.751. The van der Waals surface area contributed by atoms with E-state index in [2.05, 4.69) is 39.6 Å². The molecule has 1 nitrogen and oxygen atoms in total. The first kappa shape index (κ1) is 11.7. The van der Waals surface area contributed by atoms with Gasteiger partial charge < -0.3 is 5.32 Å². The lowest BCUT2D eigenvalue weighted by Crippen LogP contribution is -2.24. The molecule has 0 bridgehead atoms. The van der Waals surface area contributed by atoms with Crippen molar-refractivity contribution in [2.24, 2.45) is 11.8 Å². The standard InChI is InChI=1S/C11H23N/c1-6-12-8-11(5)10(4)7-9(2)3/h10-12H,2,6-8H2,1,3-5H3. The van der Waals surface area contributed by atoms with Crippen LogP contribution in [-0.2, 0) is 0 Å². The van der Waals surface area contributed by atoms with Crippen molar-refractivity contribution in [1.82, 2.24) is 5.32 Å². The van der Waals surface area contributed by atoms with Crippen molar-refractivity contribution in [3.63, 3.8) is 0 Å². The highest BCUT2D eigenvalue weighted by Gasteiger charge is 2.10. The third-order valence-corrected chi connectivity index (χ3v) is 2.36. The summed E-state index contributed by atoms with van der Waals surface area (Å²) in [4.78, 5) is 0. The molecule has 0 spiro atoms. The normalized spacial score (nSPS) is 15.7. The third-order valence-electron chi connectivity index (χ3n) is 2.36. The van der Waals surface area contributed by atoms with Crippen molar-refractivity contribution < 1.29 is 0 Å². The summed E-state index contributed by atoms with van der Waals surface area (Å²) in [5, 5.41) is 3.37. The van der Waals surface area contributed by atoms with Gasteiger partial charge in [-0.05, 0) is 38.3 Å². The first-order valence-corrected chi connectivity index (χ1v) is 4.93. The molecule has 2 unspecified atom stereocenters. The van der Waals surface area contributed by atoms with Crippen LogP contribution in [0.4, 0.5) is 0 Å². The first-order chi connectivity index (χ1) is 5.57. The van der Waals surface area contributed by atoms with Crippen LogP contribution < -0.4 is 5.32 Å². The SMILES string of the molecule is C=C(C)CC(C)C(C)CNCC. The van der Waals surface area contributed by atoms with Crippen molar-refractivity contribution >= 4 is 0 Å². The summed E-state index contributed by atoms with van der Waals surface area (Å²) >= 11 is 0. The Kier molecular flexibility index (Phi) is 6.09. The molecule has 0 heterocycles. The van der Waals surface area contributed by atoms with Gasteiger partial charge in [-0.2, -0.15) is 0 Å². The molecule has 0 aliphatic carbocycles. The fraction of sp³-hybridized carbons (Fsp3) is 0.818. The molecule has 0 rings (SSSR count). The quantitative estimate of drug-likeness (QED) is 0.603. The summed E-state index contributed by atoms with van der Waals surface area (Å²) in [7, 11) is 0. The van der Waals surface area contributed by atoms with Gasteiger partial charge in [0.1, 0.15) is 0 Å². The molecule has 0 fully saturated rings. The van der Waals surface area contributed by atoms with E-state index in [-0.39, 0.29) is 0 Å². The van der Waals surface area contributed by atoms with Gasteiger partial charge in [0.15, 0.2) is 0 Å². The topological polar surface area (TPSA) is 12.0 Å². The van der Waals surface area contributed by atoms with Crippen LogP contribution in [0, 0.1) is 11.8 Å². The van der Waals surface area contributed by atoms with Crippen LogP contribution in [0.5, 0.6) is 0 Å². The van der Waals surface area contributed by atoms with Gasteiger partial charge in [-0.3, -0.25) is 0 Å². The highest BCUT2D eigenvalue weighted by atomic mass is 14.8. The maximum atomic E-state index is 3.94. The van der Waals surface area contributed by atoms with E-state index in [1.165, 1.54) is 5.57 Å². The van der Waals surface area contributed by atoms with Gasteiger partial charge in [0, 0.05) is 0 Å². The third kappa shape index (κ3) is 5.36. The zero-order chi connectivity index (χ0) is 9.56. The summed E-state index contributed by atoms with van der Waals surface area (Å²) in [5.41, 5.74) is 1.30. The molecule has 0 aromatic heterocycles. The van der Waals surface area contributed by atoms with E-state index in [9.17, 15) is 0 Å². The number of hydrogen-bond acceptors (Lipinski definition) is 1. The number of nitrogens with one attached hydrogen (secondary N) is 1. The molecule has 1 N–H and O–H groups in total. The van der Waals surface area contributed by atoms with Crippen LogP contribution in [0.25, 0.3) is 0 Å². The second-order valence-corrected chi connectivity index (χ2v) is 3.92. The predicted octanol–water partition coefficient (Wildman–Crippen LogP) is 2.83. The summed E-state index contributed by atoms with van der Waals surface area (Å²) in [6, 6.07) is 0. The minimum Gasteiger partial charge on any atom is -0.317 e. The summed E-state index contributed by atoms with van der Waals surface area (Å²) in [5.74, 6) is 1.50. The van der Waals surface area contributed by atoms with Gasteiger partial charge in [-0.1, -0.05) is 26.3 Å². The summed E-state index contributed by atoms with van der Waals surface area (Å²) in [6.45, 7) is 15.0. The minimum atomic E-state index is 0.751. The average molecular weight is 169 g/mol. The maximum Gasteiger partial charge on any atom is -0.00206 e. The molecule has 0 radical (unpaired) electrons. The van der Waals surface area contributed by atoms with E-state index < -0.39 is 0 Å². The van der Waals surface area contributed by atoms with E-state index in [0.717, 1.165) is 31.3 Å². The number of hydrogen-bond donors (Lipinski definition) is 1. The van der Waals surface area contributed by atoms with Gasteiger partial charge in [-0.25, -0.2) is 0 Å². The molecule has 0 aliphatic heterocycles. The van der Waals surface area contributed by atoms with Gasteiger partial charge in [0.2, 0.25) is 0 Å². The van der Waals surface area contributed by atoms with Gasteiger partial charge in [-0.15, -0.1) is 6.58 Å². The fourth-order valence-electron chi connectivity index (χ4n) is 1.32. The molecule has 72 valence electrons. The van der Waals surface area contributed by atoms with Crippen LogP contribution in [-0.4, -0.2) is 13.1 Å². The fourth-order valence-corrected chi connectivity index (χ4v) is 1.32. The van der Waals surface area contributed by atoms with E-state index >= 15 is 0 Å². The summed E-state index contributed by atoms with van der Waals surface area (Å²) in [6.07, 6.45) is 1.16. The van der Waals surface area contributed by atoms with Gasteiger partial charge in [0.05, 0.1) is 0 Å². The Morgan fingerprint density at radius 2 is 1.92 bits per heavy atom. The van der Waals surface area contributed by atoms with Crippen molar-refractivity contribution in [1.29, 1.82) is 0 Å². The molecule has 2 atom stereocenters.